The molecule has 0 atom stereocenters. The third-order valence-corrected chi connectivity index (χ3v) is 11.7. The lowest BCUT2D eigenvalue weighted by atomic mass is 9.95. The molecule has 1 saturated carbocycles. The fraction of sp³-hybridized carbons (Fsp3) is 0.366. The Balaban J connectivity index is 1.27. The smallest absolute Gasteiger partial charge is 0.410 e. The summed E-state index contributed by atoms with van der Waals surface area (Å²) >= 11 is 0. The number of carbonyl (C=O) groups excluding carboxylic acids is 2. The number of hydrogen-bond acceptors (Lipinski definition) is 8. The van der Waals surface area contributed by atoms with Crippen molar-refractivity contribution >= 4 is 39.0 Å². The van der Waals surface area contributed by atoms with E-state index in [1.54, 1.807) is 64.7 Å². The van der Waals surface area contributed by atoms with E-state index in [2.05, 4.69) is 15.3 Å². The highest BCUT2D eigenvalue weighted by Crippen LogP contribution is 2.40. The number of fused-ring (bicyclic) bond motifs is 2. The van der Waals surface area contributed by atoms with Crippen LogP contribution >= 0.6 is 0 Å². The Morgan fingerprint density at radius 2 is 1.67 bits per heavy atom. The summed E-state index contributed by atoms with van der Waals surface area (Å²) in [5.41, 5.74) is 3.68. The molecule has 2 aromatic carbocycles. The molecule has 1 fully saturated rings. The first-order valence-corrected chi connectivity index (χ1v) is 19.8. The summed E-state index contributed by atoms with van der Waals surface area (Å²) in [6, 6.07) is 17.5. The second-order valence-corrected chi connectivity index (χ2v) is 16.9. The minimum Gasteiger partial charge on any atom is -0.457 e. The van der Waals surface area contributed by atoms with Crippen LogP contribution in [0.4, 0.5) is 15.4 Å². The summed E-state index contributed by atoms with van der Waals surface area (Å²) in [5, 5.41) is 3.40. The van der Waals surface area contributed by atoms with Crippen LogP contribution in [0.15, 0.2) is 84.1 Å². The van der Waals surface area contributed by atoms with E-state index in [0.717, 1.165) is 42.4 Å². The molecule has 1 N–H and O–H groups in total. The molecule has 0 unspecified atom stereocenters. The van der Waals surface area contributed by atoms with E-state index in [9.17, 15) is 18.0 Å². The second kappa shape index (κ2) is 14.8. The molecule has 2 aliphatic rings. The van der Waals surface area contributed by atoms with Crippen molar-refractivity contribution in [2.24, 2.45) is 0 Å². The van der Waals surface area contributed by atoms with Crippen LogP contribution in [-0.4, -0.2) is 69.5 Å². The van der Waals surface area contributed by atoms with Crippen molar-refractivity contribution in [3.63, 3.8) is 0 Å². The van der Waals surface area contributed by atoms with Crippen molar-refractivity contribution in [3.8, 4) is 22.6 Å². The number of hydrogen-bond donors (Lipinski definition) is 1. The predicted molar refractivity (Wildman–Crippen MR) is 207 cm³/mol. The molecule has 282 valence electrons. The third kappa shape index (κ3) is 7.77. The highest BCUT2D eigenvalue weighted by Gasteiger charge is 2.28. The van der Waals surface area contributed by atoms with Crippen molar-refractivity contribution in [2.45, 2.75) is 89.3 Å². The molecule has 3 aromatic heterocycles. The molecule has 0 radical (unpaired) electrons. The van der Waals surface area contributed by atoms with Gasteiger partial charge in [0, 0.05) is 50.3 Å². The molecular weight excluding hydrogens is 705 g/mol. The van der Waals surface area contributed by atoms with Crippen LogP contribution in [0.5, 0.6) is 11.5 Å². The number of urea groups is 1. The number of amides is 3. The first kappa shape index (κ1) is 36.9. The molecule has 1 aliphatic carbocycles. The monoisotopic (exact) mass is 750 g/mol. The average molecular weight is 751 g/mol. The van der Waals surface area contributed by atoms with Crippen LogP contribution in [0.1, 0.15) is 69.6 Å². The Labute approximate surface area is 316 Å². The van der Waals surface area contributed by atoms with Gasteiger partial charge >= 0.3 is 12.1 Å². The van der Waals surface area contributed by atoms with Crippen molar-refractivity contribution in [1.29, 1.82) is 0 Å². The standard InChI is InChI=1S/C41H46N6O6S/c1-27-11-15-33(16-12-27)54(50,51)47-26-34(29-17-20-42-36(24-29)44-39(48)45(5)31-9-7-6-8-10-31)37-35(18-21-43-38(37)47)52-32-14-13-28-19-22-46(25-30(28)23-32)40(49)53-41(2,3)4/h11-18,20-21,23-24,26,31H,6-10,19,22,25H2,1-5H3,(H,42,44,48). The van der Waals surface area contributed by atoms with E-state index >= 15 is 0 Å². The maximum Gasteiger partial charge on any atom is 0.410 e. The van der Waals surface area contributed by atoms with Gasteiger partial charge in [0.1, 0.15) is 22.9 Å². The predicted octanol–water partition coefficient (Wildman–Crippen LogP) is 8.53. The zero-order valence-electron chi connectivity index (χ0n) is 31.3. The largest absolute Gasteiger partial charge is 0.457 e. The molecule has 54 heavy (non-hydrogen) atoms. The van der Waals surface area contributed by atoms with Gasteiger partial charge < -0.3 is 19.3 Å². The molecule has 13 heteroatoms. The van der Waals surface area contributed by atoms with Crippen molar-refractivity contribution < 1.29 is 27.5 Å². The summed E-state index contributed by atoms with van der Waals surface area (Å²) in [7, 11) is -2.28. The minimum atomic E-state index is -4.09. The van der Waals surface area contributed by atoms with Gasteiger partial charge in [-0.25, -0.2) is 31.9 Å². The molecule has 7 rings (SSSR count). The van der Waals surface area contributed by atoms with Gasteiger partial charge in [-0.3, -0.25) is 5.32 Å². The van der Waals surface area contributed by atoms with Gasteiger partial charge in [-0.05, 0) is 106 Å². The van der Waals surface area contributed by atoms with Crippen LogP contribution in [-0.2, 0) is 27.7 Å². The number of ether oxygens (including phenoxy) is 2. The fourth-order valence-corrected chi connectivity index (χ4v) is 8.43. The number of anilines is 1. The topological polar surface area (TPSA) is 136 Å². The first-order valence-electron chi connectivity index (χ1n) is 18.4. The van der Waals surface area contributed by atoms with E-state index in [1.807, 2.05) is 52.9 Å². The van der Waals surface area contributed by atoms with Crippen molar-refractivity contribution in [3.05, 3.63) is 95.9 Å². The summed E-state index contributed by atoms with van der Waals surface area (Å²) in [5.74, 6) is 1.23. The molecule has 0 saturated heterocycles. The molecule has 1 aliphatic heterocycles. The highest BCUT2D eigenvalue weighted by molar-refractivity contribution is 7.90. The normalized spacial score (nSPS) is 15.1. The zero-order valence-corrected chi connectivity index (χ0v) is 32.2. The van der Waals surface area contributed by atoms with E-state index in [4.69, 9.17) is 9.47 Å². The fourth-order valence-electron chi connectivity index (χ4n) is 7.11. The first-order chi connectivity index (χ1) is 25.8. The van der Waals surface area contributed by atoms with Gasteiger partial charge in [0.15, 0.2) is 5.65 Å². The number of pyridine rings is 2. The molecule has 0 bridgehead atoms. The van der Waals surface area contributed by atoms with E-state index in [-0.39, 0.29) is 28.7 Å². The summed E-state index contributed by atoms with van der Waals surface area (Å²) < 4.78 is 41.8. The van der Waals surface area contributed by atoms with Crippen molar-refractivity contribution in [2.75, 3.05) is 18.9 Å². The van der Waals surface area contributed by atoms with Gasteiger partial charge in [-0.15, -0.1) is 0 Å². The molecule has 4 heterocycles. The Hall–Kier alpha value is -5.43. The number of rotatable bonds is 7. The number of benzene rings is 2. The van der Waals surface area contributed by atoms with Crippen LogP contribution in [0.3, 0.4) is 0 Å². The number of aryl methyl sites for hydroxylation is 1. The maximum atomic E-state index is 14.2. The number of aromatic nitrogens is 3. The Kier molecular flexibility index (Phi) is 10.1. The molecule has 3 amide bonds. The minimum absolute atomic E-state index is 0.113. The third-order valence-electron chi connectivity index (χ3n) is 10.0. The van der Waals surface area contributed by atoms with Crippen LogP contribution < -0.4 is 10.1 Å². The summed E-state index contributed by atoms with van der Waals surface area (Å²) in [6.07, 6.45) is 10.3. The maximum absolute atomic E-state index is 14.2. The van der Waals surface area contributed by atoms with Crippen LogP contribution in [0.2, 0.25) is 0 Å². The molecule has 0 spiro atoms. The molecule has 5 aromatic rings. The summed E-state index contributed by atoms with van der Waals surface area (Å²) in [4.78, 5) is 38.7. The van der Waals surface area contributed by atoms with Crippen molar-refractivity contribution in [1.82, 2.24) is 23.7 Å². The van der Waals surface area contributed by atoms with Gasteiger partial charge in [-0.2, -0.15) is 0 Å². The van der Waals surface area contributed by atoms with Gasteiger partial charge in [0.05, 0.1) is 10.3 Å². The Morgan fingerprint density at radius 3 is 2.41 bits per heavy atom. The Morgan fingerprint density at radius 1 is 0.926 bits per heavy atom. The van der Waals surface area contributed by atoms with Gasteiger partial charge in [0.2, 0.25) is 0 Å². The van der Waals surface area contributed by atoms with E-state index < -0.39 is 15.6 Å². The number of carbonyl (C=O) groups is 2. The van der Waals surface area contributed by atoms with Crippen LogP contribution in [0.25, 0.3) is 22.2 Å². The Bertz CT molecular complexity index is 2310. The lowest BCUT2D eigenvalue weighted by Crippen LogP contribution is -2.41. The molecule has 12 nitrogen and oxygen atoms in total. The molecular formula is C41H46N6O6S. The number of nitrogens with one attached hydrogen (secondary N) is 1. The van der Waals surface area contributed by atoms with Gasteiger partial charge in [-0.1, -0.05) is 43.0 Å². The van der Waals surface area contributed by atoms with Crippen LogP contribution in [0, 0.1) is 6.92 Å². The van der Waals surface area contributed by atoms with Gasteiger partial charge in [0.25, 0.3) is 10.0 Å². The SMILES string of the molecule is Cc1ccc(S(=O)(=O)n2cc(-c3ccnc(NC(=O)N(C)C4CCCCC4)c3)c3c(Oc4ccc5c(c4)CN(C(=O)OC(C)(C)C)CC5)ccnc32)cc1. The zero-order chi connectivity index (χ0) is 38.2. The second-order valence-electron chi connectivity index (χ2n) is 15.1. The number of nitrogens with zero attached hydrogens (tertiary/aromatic N) is 5. The quantitative estimate of drug-likeness (QED) is 0.175. The lowest BCUT2D eigenvalue weighted by Gasteiger charge is -2.31. The van der Waals surface area contributed by atoms with E-state index in [0.29, 0.717) is 53.3 Å². The summed E-state index contributed by atoms with van der Waals surface area (Å²) in [6.45, 7) is 8.34. The highest BCUT2D eigenvalue weighted by atomic mass is 32.2. The lowest BCUT2D eigenvalue weighted by molar-refractivity contribution is 0.0223. The van der Waals surface area contributed by atoms with E-state index in [1.165, 1.54) is 16.6 Å². The average Bonchev–Trinajstić information content (AvgIpc) is 3.56.